The summed E-state index contributed by atoms with van der Waals surface area (Å²) in [5.74, 6) is 1.37. The molecule has 1 aromatic carbocycles. The second-order valence-electron chi connectivity index (χ2n) is 5.56. The van der Waals surface area contributed by atoms with E-state index >= 15 is 0 Å². The second kappa shape index (κ2) is 6.18. The summed E-state index contributed by atoms with van der Waals surface area (Å²) < 4.78 is 5.77. The lowest BCUT2D eigenvalue weighted by Gasteiger charge is -2.22. The number of hydrogen-bond donors (Lipinski definition) is 1. The van der Waals surface area contributed by atoms with Gasteiger partial charge in [0, 0.05) is 18.0 Å². The summed E-state index contributed by atoms with van der Waals surface area (Å²) in [4.78, 5) is 0. The minimum absolute atomic E-state index is 0.609. The van der Waals surface area contributed by atoms with Crippen molar-refractivity contribution in [1.82, 2.24) is 15.5 Å². The van der Waals surface area contributed by atoms with E-state index in [0.717, 1.165) is 30.8 Å². The molecule has 1 N–H and O–H groups in total. The average molecular weight is 271 g/mol. The zero-order chi connectivity index (χ0) is 13.8. The highest BCUT2D eigenvalue weighted by Crippen LogP contribution is 2.20. The molecule has 1 saturated heterocycles. The Morgan fingerprint density at radius 2 is 2.25 bits per heavy atom. The first-order valence-corrected chi connectivity index (χ1v) is 7.44. The highest BCUT2D eigenvalue weighted by atomic mass is 16.4. The molecule has 0 radical (unpaired) electrons. The van der Waals surface area contributed by atoms with Crippen molar-refractivity contribution in [2.24, 2.45) is 0 Å². The van der Waals surface area contributed by atoms with Crippen molar-refractivity contribution in [3.05, 3.63) is 35.7 Å². The largest absolute Gasteiger partial charge is 0.421 e. The third kappa shape index (κ3) is 3.25. The second-order valence-corrected chi connectivity index (χ2v) is 5.56. The molecule has 1 atom stereocenters. The van der Waals surface area contributed by atoms with Gasteiger partial charge in [-0.2, -0.15) is 0 Å². The fraction of sp³-hybridized carbons (Fsp3) is 0.500. The van der Waals surface area contributed by atoms with Gasteiger partial charge < -0.3 is 9.73 Å². The van der Waals surface area contributed by atoms with Gasteiger partial charge in [0.1, 0.15) is 0 Å². The Labute approximate surface area is 119 Å². The van der Waals surface area contributed by atoms with Crippen LogP contribution in [0.1, 0.15) is 37.1 Å². The molecule has 3 rings (SSSR count). The van der Waals surface area contributed by atoms with Crippen LogP contribution in [-0.2, 0) is 6.42 Å². The van der Waals surface area contributed by atoms with E-state index in [1.165, 1.54) is 24.8 Å². The van der Waals surface area contributed by atoms with Gasteiger partial charge in [0.25, 0.3) is 0 Å². The zero-order valence-corrected chi connectivity index (χ0v) is 11.9. The van der Waals surface area contributed by atoms with Crippen LogP contribution in [0.4, 0.5) is 0 Å². The molecule has 0 saturated carbocycles. The summed E-state index contributed by atoms with van der Waals surface area (Å²) in [6, 6.07) is 8.77. The maximum atomic E-state index is 5.77. The molecule has 2 aromatic rings. The van der Waals surface area contributed by atoms with E-state index in [2.05, 4.69) is 34.6 Å². The van der Waals surface area contributed by atoms with Gasteiger partial charge in [-0.15, -0.1) is 10.2 Å². The normalized spacial score (nSPS) is 19.1. The molecular weight excluding hydrogens is 250 g/mol. The van der Waals surface area contributed by atoms with Gasteiger partial charge in [0.05, 0.1) is 0 Å². The Balaban J connectivity index is 1.61. The summed E-state index contributed by atoms with van der Waals surface area (Å²) in [5, 5.41) is 11.9. The van der Waals surface area contributed by atoms with Crippen LogP contribution < -0.4 is 5.32 Å². The number of nitrogens with zero attached hydrogens (tertiary/aromatic N) is 2. The van der Waals surface area contributed by atoms with Gasteiger partial charge in [0.15, 0.2) is 0 Å². The Kier molecular flexibility index (Phi) is 4.11. The number of aryl methyl sites for hydroxylation is 2. The molecule has 1 unspecified atom stereocenters. The van der Waals surface area contributed by atoms with Crippen LogP contribution in [0.2, 0.25) is 0 Å². The average Bonchev–Trinajstić information content (AvgIpc) is 2.95. The molecule has 20 heavy (non-hydrogen) atoms. The SMILES string of the molecule is Cc1cccc(-c2nnc(CCC3CCCCN3)o2)c1. The van der Waals surface area contributed by atoms with Gasteiger partial charge in [-0.1, -0.05) is 24.1 Å². The maximum Gasteiger partial charge on any atom is 0.247 e. The van der Waals surface area contributed by atoms with Crippen molar-refractivity contribution in [3.8, 4) is 11.5 Å². The molecule has 1 aliphatic heterocycles. The first-order valence-electron chi connectivity index (χ1n) is 7.44. The van der Waals surface area contributed by atoms with Gasteiger partial charge in [0.2, 0.25) is 11.8 Å². The van der Waals surface area contributed by atoms with E-state index in [1.54, 1.807) is 0 Å². The van der Waals surface area contributed by atoms with Crippen LogP contribution in [0, 0.1) is 6.92 Å². The molecular formula is C16H21N3O. The van der Waals surface area contributed by atoms with E-state index in [9.17, 15) is 0 Å². The first-order chi connectivity index (χ1) is 9.81. The number of benzene rings is 1. The molecule has 4 heteroatoms. The van der Waals surface area contributed by atoms with Crippen LogP contribution in [0.3, 0.4) is 0 Å². The van der Waals surface area contributed by atoms with E-state index in [0.29, 0.717) is 11.9 Å². The minimum atomic E-state index is 0.609. The molecule has 1 fully saturated rings. The third-order valence-electron chi connectivity index (χ3n) is 3.85. The Hall–Kier alpha value is -1.68. The molecule has 0 bridgehead atoms. The van der Waals surface area contributed by atoms with Gasteiger partial charge in [-0.05, 0) is 44.9 Å². The summed E-state index contributed by atoms with van der Waals surface area (Å²) in [6.45, 7) is 3.21. The smallest absolute Gasteiger partial charge is 0.247 e. The summed E-state index contributed by atoms with van der Waals surface area (Å²) >= 11 is 0. The van der Waals surface area contributed by atoms with Gasteiger partial charge in [-0.3, -0.25) is 0 Å². The number of piperidine rings is 1. The molecule has 0 spiro atoms. The topological polar surface area (TPSA) is 51.0 Å². The minimum Gasteiger partial charge on any atom is -0.421 e. The van der Waals surface area contributed by atoms with Crippen LogP contribution >= 0.6 is 0 Å². The highest BCUT2D eigenvalue weighted by Gasteiger charge is 2.14. The Morgan fingerprint density at radius 3 is 3.05 bits per heavy atom. The van der Waals surface area contributed by atoms with Crippen molar-refractivity contribution in [2.75, 3.05) is 6.54 Å². The van der Waals surface area contributed by atoms with Crippen molar-refractivity contribution in [1.29, 1.82) is 0 Å². The maximum absolute atomic E-state index is 5.77. The molecule has 1 aliphatic rings. The lowest BCUT2D eigenvalue weighted by atomic mass is 10.0. The van der Waals surface area contributed by atoms with Gasteiger partial charge >= 0.3 is 0 Å². The van der Waals surface area contributed by atoms with Crippen molar-refractivity contribution < 1.29 is 4.42 Å². The monoisotopic (exact) mass is 271 g/mol. The Bertz CT molecular complexity index is 558. The number of hydrogen-bond acceptors (Lipinski definition) is 4. The summed E-state index contributed by atoms with van der Waals surface area (Å²) in [5.41, 5.74) is 2.20. The fourth-order valence-corrected chi connectivity index (χ4v) is 2.72. The predicted molar refractivity (Wildman–Crippen MR) is 78.4 cm³/mol. The van der Waals surface area contributed by atoms with Crippen LogP contribution in [-0.4, -0.2) is 22.8 Å². The molecule has 0 aliphatic carbocycles. The molecule has 4 nitrogen and oxygen atoms in total. The number of rotatable bonds is 4. The molecule has 1 aromatic heterocycles. The zero-order valence-electron chi connectivity index (χ0n) is 11.9. The third-order valence-corrected chi connectivity index (χ3v) is 3.85. The number of nitrogens with one attached hydrogen (secondary N) is 1. The van der Waals surface area contributed by atoms with Crippen LogP contribution in [0.25, 0.3) is 11.5 Å². The predicted octanol–water partition coefficient (Wildman–Crippen LogP) is 3.12. The molecule has 2 heterocycles. The van der Waals surface area contributed by atoms with Crippen LogP contribution in [0.5, 0.6) is 0 Å². The van der Waals surface area contributed by atoms with Crippen molar-refractivity contribution >= 4 is 0 Å². The van der Waals surface area contributed by atoms with E-state index in [-0.39, 0.29) is 0 Å². The highest BCUT2D eigenvalue weighted by molar-refractivity contribution is 5.53. The molecule has 106 valence electrons. The standard InChI is InChI=1S/C16H21N3O/c1-12-5-4-6-13(11-12)16-19-18-15(20-16)9-8-14-7-2-3-10-17-14/h4-6,11,14,17H,2-3,7-10H2,1H3. The van der Waals surface area contributed by atoms with E-state index in [1.807, 2.05) is 12.1 Å². The number of aromatic nitrogens is 2. The van der Waals surface area contributed by atoms with E-state index in [4.69, 9.17) is 4.42 Å². The summed E-state index contributed by atoms with van der Waals surface area (Å²) in [6.07, 6.45) is 5.83. The first kappa shape index (κ1) is 13.3. The summed E-state index contributed by atoms with van der Waals surface area (Å²) in [7, 11) is 0. The van der Waals surface area contributed by atoms with Crippen molar-refractivity contribution in [2.45, 2.75) is 45.1 Å². The van der Waals surface area contributed by atoms with Crippen LogP contribution in [0.15, 0.2) is 28.7 Å². The Morgan fingerprint density at radius 1 is 1.30 bits per heavy atom. The van der Waals surface area contributed by atoms with Crippen molar-refractivity contribution in [3.63, 3.8) is 0 Å². The molecule has 0 amide bonds. The van der Waals surface area contributed by atoms with Gasteiger partial charge in [-0.25, -0.2) is 0 Å². The van der Waals surface area contributed by atoms with E-state index < -0.39 is 0 Å². The lowest BCUT2D eigenvalue weighted by molar-refractivity contribution is 0.369. The fourth-order valence-electron chi connectivity index (χ4n) is 2.72. The quantitative estimate of drug-likeness (QED) is 0.928. The lowest BCUT2D eigenvalue weighted by Crippen LogP contribution is -2.34.